The molecule has 1 aliphatic heterocycles. The number of aliphatic hydroxyl groups excluding tert-OH is 1. The number of para-hydroxylation sites is 1. The van der Waals surface area contributed by atoms with Crippen molar-refractivity contribution in [1.82, 2.24) is 4.90 Å². The summed E-state index contributed by atoms with van der Waals surface area (Å²) in [4.78, 5) is 13.4. The van der Waals surface area contributed by atoms with Crippen molar-refractivity contribution in [3.8, 4) is 5.75 Å². The Hall–Kier alpha value is -1.07. The van der Waals surface area contributed by atoms with Crippen molar-refractivity contribution < 1.29 is 14.6 Å². The SMILES string of the molecule is CN1CCC(Oc2c(Br)cccc2CO)C1=O. The summed E-state index contributed by atoms with van der Waals surface area (Å²) in [5.41, 5.74) is 0.682. The van der Waals surface area contributed by atoms with Crippen LogP contribution < -0.4 is 4.74 Å². The van der Waals surface area contributed by atoms with E-state index in [1.54, 1.807) is 18.0 Å². The lowest BCUT2D eigenvalue weighted by Gasteiger charge is -2.16. The van der Waals surface area contributed by atoms with Gasteiger partial charge in [0.05, 0.1) is 11.1 Å². The van der Waals surface area contributed by atoms with Crippen LogP contribution in [0.5, 0.6) is 5.75 Å². The first kappa shape index (κ1) is 12.4. The summed E-state index contributed by atoms with van der Waals surface area (Å²) >= 11 is 3.37. The number of carbonyl (C=O) groups is 1. The van der Waals surface area contributed by atoms with Gasteiger partial charge in [-0.05, 0) is 22.0 Å². The van der Waals surface area contributed by atoms with Crippen LogP contribution in [0.15, 0.2) is 22.7 Å². The zero-order valence-electron chi connectivity index (χ0n) is 9.52. The van der Waals surface area contributed by atoms with Crippen molar-refractivity contribution in [3.05, 3.63) is 28.2 Å². The first-order chi connectivity index (χ1) is 8.13. The maximum atomic E-state index is 11.7. The molecule has 1 amide bonds. The molecule has 1 saturated heterocycles. The summed E-state index contributed by atoms with van der Waals surface area (Å²) in [6.07, 6.45) is 0.241. The average molecular weight is 300 g/mol. The molecule has 1 N–H and O–H groups in total. The molecule has 0 spiro atoms. The first-order valence-electron chi connectivity index (χ1n) is 5.43. The standard InChI is InChI=1S/C12H14BrNO3/c1-14-6-5-10(12(14)16)17-11-8(7-15)3-2-4-9(11)13/h2-4,10,15H,5-7H2,1H3. The van der Waals surface area contributed by atoms with Crippen molar-refractivity contribution in [2.45, 2.75) is 19.1 Å². The number of rotatable bonds is 3. The second-order valence-corrected chi connectivity index (χ2v) is 4.90. The van der Waals surface area contributed by atoms with Gasteiger partial charge in [0.15, 0.2) is 6.10 Å². The lowest BCUT2D eigenvalue weighted by Crippen LogP contribution is -2.29. The van der Waals surface area contributed by atoms with Gasteiger partial charge in [0, 0.05) is 25.6 Å². The van der Waals surface area contributed by atoms with Gasteiger partial charge in [0.25, 0.3) is 5.91 Å². The highest BCUT2D eigenvalue weighted by Crippen LogP contribution is 2.31. The molecule has 1 unspecified atom stereocenters. The van der Waals surface area contributed by atoms with E-state index in [1.807, 2.05) is 12.1 Å². The molecule has 1 atom stereocenters. The number of ether oxygens (including phenoxy) is 1. The maximum Gasteiger partial charge on any atom is 0.263 e. The molecule has 1 aromatic rings. The number of hydrogen-bond acceptors (Lipinski definition) is 3. The van der Waals surface area contributed by atoms with Crippen LogP contribution in [0.4, 0.5) is 0 Å². The summed E-state index contributed by atoms with van der Waals surface area (Å²) in [6, 6.07) is 5.44. The van der Waals surface area contributed by atoms with Gasteiger partial charge in [-0.25, -0.2) is 0 Å². The van der Waals surface area contributed by atoms with Crippen LogP contribution in [0, 0.1) is 0 Å². The van der Waals surface area contributed by atoms with Gasteiger partial charge in [-0.1, -0.05) is 12.1 Å². The summed E-state index contributed by atoms with van der Waals surface area (Å²) in [6.45, 7) is 0.605. The molecule has 0 radical (unpaired) electrons. The largest absolute Gasteiger partial charge is 0.479 e. The molecular formula is C12H14BrNO3. The van der Waals surface area contributed by atoms with E-state index < -0.39 is 6.10 Å². The van der Waals surface area contributed by atoms with Crippen LogP contribution in [0.1, 0.15) is 12.0 Å². The number of carbonyl (C=O) groups excluding carboxylic acids is 1. The number of hydrogen-bond donors (Lipinski definition) is 1. The van der Waals surface area contributed by atoms with Crippen LogP contribution in [0.3, 0.4) is 0 Å². The number of likely N-dealkylation sites (N-methyl/N-ethyl adjacent to an activating group) is 1. The molecule has 5 heteroatoms. The van der Waals surface area contributed by atoms with Gasteiger partial charge in [0.2, 0.25) is 0 Å². The molecule has 1 aromatic carbocycles. The van der Waals surface area contributed by atoms with Crippen molar-refractivity contribution in [3.63, 3.8) is 0 Å². The Bertz CT molecular complexity index is 436. The van der Waals surface area contributed by atoms with Gasteiger partial charge in [0.1, 0.15) is 5.75 Å². The van der Waals surface area contributed by atoms with Gasteiger partial charge < -0.3 is 14.7 Å². The van der Waals surface area contributed by atoms with E-state index in [1.165, 1.54) is 0 Å². The smallest absolute Gasteiger partial charge is 0.263 e. The molecule has 17 heavy (non-hydrogen) atoms. The maximum absolute atomic E-state index is 11.7. The average Bonchev–Trinajstić information content (AvgIpc) is 2.63. The molecule has 2 rings (SSSR count). The van der Waals surface area contributed by atoms with E-state index >= 15 is 0 Å². The number of aliphatic hydroxyl groups is 1. The summed E-state index contributed by atoms with van der Waals surface area (Å²) < 4.78 is 6.47. The van der Waals surface area contributed by atoms with E-state index in [0.29, 0.717) is 24.3 Å². The lowest BCUT2D eigenvalue weighted by atomic mass is 10.2. The third kappa shape index (κ3) is 2.45. The molecule has 1 heterocycles. The fraction of sp³-hybridized carbons (Fsp3) is 0.417. The normalized spacial score (nSPS) is 19.8. The quantitative estimate of drug-likeness (QED) is 0.921. The Morgan fingerprint density at radius 1 is 1.59 bits per heavy atom. The Morgan fingerprint density at radius 2 is 2.35 bits per heavy atom. The van der Waals surface area contributed by atoms with Gasteiger partial charge >= 0.3 is 0 Å². The van der Waals surface area contributed by atoms with Crippen LogP contribution in [0.2, 0.25) is 0 Å². The van der Waals surface area contributed by atoms with Gasteiger partial charge in [-0.3, -0.25) is 4.79 Å². The highest BCUT2D eigenvalue weighted by atomic mass is 79.9. The van der Waals surface area contributed by atoms with E-state index in [9.17, 15) is 9.90 Å². The number of likely N-dealkylation sites (tertiary alicyclic amines) is 1. The summed E-state index contributed by atoms with van der Waals surface area (Å²) in [5, 5.41) is 9.24. The molecule has 0 bridgehead atoms. The number of nitrogens with zero attached hydrogens (tertiary/aromatic N) is 1. The van der Waals surface area contributed by atoms with E-state index in [2.05, 4.69) is 15.9 Å². The Balaban J connectivity index is 2.21. The summed E-state index contributed by atoms with van der Waals surface area (Å²) in [5.74, 6) is 0.549. The minimum Gasteiger partial charge on any atom is -0.479 e. The molecule has 0 aromatic heterocycles. The highest BCUT2D eigenvalue weighted by molar-refractivity contribution is 9.10. The number of amides is 1. The second-order valence-electron chi connectivity index (χ2n) is 4.04. The predicted octanol–water partition coefficient (Wildman–Crippen LogP) is 1.55. The van der Waals surface area contributed by atoms with Crippen LogP contribution in [-0.2, 0) is 11.4 Å². The highest BCUT2D eigenvalue weighted by Gasteiger charge is 2.31. The minimum absolute atomic E-state index is 0.00959. The first-order valence-corrected chi connectivity index (χ1v) is 6.22. The molecular weight excluding hydrogens is 286 g/mol. The Morgan fingerprint density at radius 3 is 2.94 bits per heavy atom. The van der Waals surface area contributed by atoms with Crippen LogP contribution in [-0.4, -0.2) is 35.6 Å². The predicted molar refractivity (Wildman–Crippen MR) is 66.7 cm³/mol. The molecule has 4 nitrogen and oxygen atoms in total. The molecule has 92 valence electrons. The molecule has 0 saturated carbocycles. The van der Waals surface area contributed by atoms with E-state index in [4.69, 9.17) is 4.74 Å². The minimum atomic E-state index is -0.441. The van der Waals surface area contributed by atoms with Gasteiger partial charge in [-0.2, -0.15) is 0 Å². The van der Waals surface area contributed by atoms with Crippen molar-refractivity contribution in [1.29, 1.82) is 0 Å². The zero-order valence-corrected chi connectivity index (χ0v) is 11.1. The third-order valence-electron chi connectivity index (χ3n) is 2.86. The second kappa shape index (κ2) is 5.06. The van der Waals surface area contributed by atoms with E-state index in [-0.39, 0.29) is 12.5 Å². The van der Waals surface area contributed by atoms with Crippen molar-refractivity contribution in [2.75, 3.05) is 13.6 Å². The van der Waals surface area contributed by atoms with Crippen LogP contribution in [0.25, 0.3) is 0 Å². The molecule has 1 aliphatic rings. The van der Waals surface area contributed by atoms with Crippen LogP contribution >= 0.6 is 15.9 Å². The Kier molecular flexibility index (Phi) is 3.69. The van der Waals surface area contributed by atoms with E-state index in [0.717, 1.165) is 4.47 Å². The molecule has 0 aliphatic carbocycles. The number of benzene rings is 1. The monoisotopic (exact) mass is 299 g/mol. The zero-order chi connectivity index (χ0) is 12.4. The Labute approximate surface area is 108 Å². The topological polar surface area (TPSA) is 49.8 Å². The van der Waals surface area contributed by atoms with Crippen molar-refractivity contribution in [2.24, 2.45) is 0 Å². The third-order valence-corrected chi connectivity index (χ3v) is 3.48. The summed E-state index contributed by atoms with van der Waals surface area (Å²) in [7, 11) is 1.76. The fourth-order valence-electron chi connectivity index (χ4n) is 1.85. The number of halogens is 1. The molecule has 1 fully saturated rings. The lowest BCUT2D eigenvalue weighted by molar-refractivity contribution is -0.132. The van der Waals surface area contributed by atoms with Crippen molar-refractivity contribution >= 4 is 21.8 Å². The fourth-order valence-corrected chi connectivity index (χ4v) is 2.35. The van der Waals surface area contributed by atoms with Gasteiger partial charge in [-0.15, -0.1) is 0 Å².